The van der Waals surface area contributed by atoms with Gasteiger partial charge in [0.25, 0.3) is 5.91 Å². The molecular weight excluding hydrogens is 196 g/mol. The van der Waals surface area contributed by atoms with E-state index in [1.807, 2.05) is 0 Å². The number of primary amides is 1. The van der Waals surface area contributed by atoms with Gasteiger partial charge >= 0.3 is 0 Å². The van der Waals surface area contributed by atoms with E-state index in [4.69, 9.17) is 5.73 Å². The molecule has 6 nitrogen and oxygen atoms in total. The van der Waals surface area contributed by atoms with Crippen molar-refractivity contribution in [2.45, 2.75) is 13.0 Å². The molecule has 1 aromatic rings. The topological polar surface area (TPSA) is 97.1 Å². The van der Waals surface area contributed by atoms with Gasteiger partial charge < -0.3 is 5.73 Å². The molecule has 2 amide bonds. The summed E-state index contributed by atoms with van der Waals surface area (Å²) in [6.07, 6.45) is 3.01. The lowest BCUT2D eigenvalue weighted by Crippen LogP contribution is -2.48. The zero-order valence-electron chi connectivity index (χ0n) is 8.23. The minimum atomic E-state index is -0.615. The fraction of sp³-hybridized carbons (Fsp3) is 0.222. The van der Waals surface area contributed by atoms with Crippen LogP contribution in [0.3, 0.4) is 0 Å². The molecule has 0 aliphatic rings. The Labute approximate surface area is 86.8 Å². The molecule has 0 aromatic carbocycles. The van der Waals surface area contributed by atoms with Crippen molar-refractivity contribution in [2.24, 2.45) is 5.73 Å². The number of nitrogens with zero attached hydrogens (tertiary/aromatic N) is 1. The maximum absolute atomic E-state index is 11.4. The van der Waals surface area contributed by atoms with Gasteiger partial charge in [0.05, 0.1) is 0 Å². The monoisotopic (exact) mass is 208 g/mol. The predicted molar refractivity (Wildman–Crippen MR) is 53.5 cm³/mol. The van der Waals surface area contributed by atoms with Crippen molar-refractivity contribution in [3.8, 4) is 0 Å². The van der Waals surface area contributed by atoms with Gasteiger partial charge in [-0.15, -0.1) is 0 Å². The molecule has 1 heterocycles. The zero-order valence-corrected chi connectivity index (χ0v) is 8.23. The van der Waals surface area contributed by atoms with E-state index in [1.165, 1.54) is 12.4 Å². The summed E-state index contributed by atoms with van der Waals surface area (Å²) in [6.45, 7) is 1.55. The molecule has 1 atom stereocenters. The molecule has 1 aromatic heterocycles. The van der Waals surface area contributed by atoms with Crippen LogP contribution in [-0.4, -0.2) is 22.8 Å². The van der Waals surface area contributed by atoms with Gasteiger partial charge in [-0.1, -0.05) is 0 Å². The predicted octanol–water partition coefficient (Wildman–Crippen LogP) is -0.810. The van der Waals surface area contributed by atoms with Crippen LogP contribution in [0.4, 0.5) is 0 Å². The van der Waals surface area contributed by atoms with Gasteiger partial charge in [-0.05, 0) is 19.1 Å². The highest BCUT2D eigenvalue weighted by atomic mass is 16.2. The molecule has 0 saturated heterocycles. The number of amides is 2. The molecule has 0 aliphatic heterocycles. The van der Waals surface area contributed by atoms with E-state index in [-0.39, 0.29) is 5.91 Å². The molecule has 1 rings (SSSR count). The Kier molecular flexibility index (Phi) is 3.75. The smallest absolute Gasteiger partial charge is 0.265 e. The summed E-state index contributed by atoms with van der Waals surface area (Å²) in [5.74, 6) is -0.879. The highest BCUT2D eigenvalue weighted by Gasteiger charge is 2.09. The normalized spacial score (nSPS) is 11.8. The average molecular weight is 208 g/mol. The maximum atomic E-state index is 11.4. The third-order valence-corrected chi connectivity index (χ3v) is 1.77. The van der Waals surface area contributed by atoms with E-state index >= 15 is 0 Å². The van der Waals surface area contributed by atoms with Gasteiger partial charge in [-0.25, -0.2) is 5.43 Å². The Morgan fingerprint density at radius 1 is 1.40 bits per heavy atom. The molecule has 0 spiro atoms. The van der Waals surface area contributed by atoms with E-state index in [0.29, 0.717) is 5.56 Å². The molecule has 0 radical (unpaired) electrons. The first-order valence-corrected chi connectivity index (χ1v) is 4.36. The summed E-state index contributed by atoms with van der Waals surface area (Å²) in [6, 6.07) is 2.51. The van der Waals surface area contributed by atoms with Crippen molar-refractivity contribution >= 4 is 11.8 Å². The second-order valence-corrected chi connectivity index (χ2v) is 2.96. The first-order valence-electron chi connectivity index (χ1n) is 4.36. The highest BCUT2D eigenvalue weighted by molar-refractivity contribution is 5.93. The third kappa shape index (κ3) is 3.35. The van der Waals surface area contributed by atoms with Gasteiger partial charge in [0, 0.05) is 18.0 Å². The van der Waals surface area contributed by atoms with Crippen LogP contribution >= 0.6 is 0 Å². The lowest BCUT2D eigenvalue weighted by Gasteiger charge is -2.10. The molecule has 1 unspecified atom stereocenters. The molecule has 6 heteroatoms. The number of carbonyl (C=O) groups excluding carboxylic acids is 2. The van der Waals surface area contributed by atoms with E-state index in [0.717, 1.165) is 0 Å². The minimum Gasteiger partial charge on any atom is -0.368 e. The van der Waals surface area contributed by atoms with Crippen LogP contribution in [0.2, 0.25) is 0 Å². The number of rotatable bonds is 4. The molecule has 4 N–H and O–H groups in total. The Morgan fingerprint density at radius 3 is 2.53 bits per heavy atom. The number of aromatic nitrogens is 1. The van der Waals surface area contributed by atoms with Crippen LogP contribution in [-0.2, 0) is 4.79 Å². The number of nitrogens with one attached hydrogen (secondary N) is 2. The summed E-state index contributed by atoms with van der Waals surface area (Å²) >= 11 is 0. The van der Waals surface area contributed by atoms with Crippen LogP contribution in [0.1, 0.15) is 17.3 Å². The van der Waals surface area contributed by atoms with E-state index < -0.39 is 11.9 Å². The fourth-order valence-electron chi connectivity index (χ4n) is 0.820. The van der Waals surface area contributed by atoms with Gasteiger partial charge in [0.15, 0.2) is 0 Å². The molecule has 0 fully saturated rings. The Morgan fingerprint density at radius 2 is 2.00 bits per heavy atom. The second kappa shape index (κ2) is 5.06. The molecule has 0 aliphatic carbocycles. The Bertz CT molecular complexity index is 352. The quantitative estimate of drug-likeness (QED) is 0.564. The fourth-order valence-corrected chi connectivity index (χ4v) is 0.820. The third-order valence-electron chi connectivity index (χ3n) is 1.77. The van der Waals surface area contributed by atoms with Crippen molar-refractivity contribution in [2.75, 3.05) is 0 Å². The van der Waals surface area contributed by atoms with Crippen LogP contribution in [0, 0.1) is 0 Å². The Balaban J connectivity index is 2.47. The number of hydrazine groups is 1. The van der Waals surface area contributed by atoms with Crippen LogP contribution < -0.4 is 16.6 Å². The summed E-state index contributed by atoms with van der Waals surface area (Å²) < 4.78 is 0. The molecule has 0 saturated carbocycles. The van der Waals surface area contributed by atoms with Crippen molar-refractivity contribution in [3.05, 3.63) is 30.1 Å². The summed E-state index contributed by atoms with van der Waals surface area (Å²) in [4.78, 5) is 25.8. The number of carbonyl (C=O) groups is 2. The Hall–Kier alpha value is -1.95. The molecule has 80 valence electrons. The van der Waals surface area contributed by atoms with Gasteiger partial charge in [0.2, 0.25) is 5.91 Å². The van der Waals surface area contributed by atoms with Crippen LogP contribution in [0.5, 0.6) is 0 Å². The first-order chi connectivity index (χ1) is 7.11. The highest BCUT2D eigenvalue weighted by Crippen LogP contribution is 1.94. The van der Waals surface area contributed by atoms with E-state index in [2.05, 4.69) is 15.8 Å². The van der Waals surface area contributed by atoms with Crippen LogP contribution in [0.15, 0.2) is 24.5 Å². The maximum Gasteiger partial charge on any atom is 0.265 e. The van der Waals surface area contributed by atoms with E-state index in [1.54, 1.807) is 19.1 Å². The summed E-state index contributed by atoms with van der Waals surface area (Å²) in [5.41, 5.74) is 10.3. The minimum absolute atomic E-state index is 0.342. The SMILES string of the molecule is CC(NNC(=O)c1ccncc1)C(N)=O. The van der Waals surface area contributed by atoms with E-state index in [9.17, 15) is 9.59 Å². The first kappa shape index (κ1) is 11.1. The van der Waals surface area contributed by atoms with Crippen molar-refractivity contribution in [1.29, 1.82) is 0 Å². The number of nitrogens with two attached hydrogens (primary N) is 1. The number of pyridine rings is 1. The lowest BCUT2D eigenvalue weighted by atomic mass is 10.2. The van der Waals surface area contributed by atoms with Gasteiger partial charge in [-0.3, -0.25) is 20.0 Å². The van der Waals surface area contributed by atoms with Gasteiger partial charge in [0.1, 0.15) is 6.04 Å². The number of hydrogen-bond donors (Lipinski definition) is 3. The van der Waals surface area contributed by atoms with Crippen molar-refractivity contribution in [1.82, 2.24) is 15.8 Å². The molecule has 15 heavy (non-hydrogen) atoms. The molecule has 0 bridgehead atoms. The van der Waals surface area contributed by atoms with Crippen molar-refractivity contribution in [3.63, 3.8) is 0 Å². The zero-order chi connectivity index (χ0) is 11.3. The van der Waals surface area contributed by atoms with Crippen molar-refractivity contribution < 1.29 is 9.59 Å². The average Bonchev–Trinajstić information content (AvgIpc) is 2.26. The summed E-state index contributed by atoms with van der Waals surface area (Å²) in [7, 11) is 0. The standard InChI is InChI=1S/C9H12N4O2/c1-6(8(10)14)12-13-9(15)7-2-4-11-5-3-7/h2-6,12H,1H3,(H2,10,14)(H,13,15). The second-order valence-electron chi connectivity index (χ2n) is 2.96. The molecular formula is C9H12N4O2. The number of hydrogen-bond acceptors (Lipinski definition) is 4. The van der Waals surface area contributed by atoms with Gasteiger partial charge in [-0.2, -0.15) is 0 Å². The largest absolute Gasteiger partial charge is 0.368 e. The summed E-state index contributed by atoms with van der Waals surface area (Å²) in [5, 5.41) is 0. The van der Waals surface area contributed by atoms with Crippen LogP contribution in [0.25, 0.3) is 0 Å². The lowest BCUT2D eigenvalue weighted by molar-refractivity contribution is -0.119.